The van der Waals surface area contributed by atoms with Crippen LogP contribution in [0.3, 0.4) is 0 Å². The van der Waals surface area contributed by atoms with E-state index in [0.29, 0.717) is 24.6 Å². The lowest BCUT2D eigenvalue weighted by atomic mass is 10.2. The summed E-state index contributed by atoms with van der Waals surface area (Å²) in [5.41, 5.74) is 1.69. The van der Waals surface area contributed by atoms with Crippen LogP contribution in [0.5, 0.6) is 5.75 Å². The first-order chi connectivity index (χ1) is 11.5. The zero-order chi connectivity index (χ0) is 17.5. The van der Waals surface area contributed by atoms with Crippen LogP contribution in [0.1, 0.15) is 29.8 Å². The van der Waals surface area contributed by atoms with E-state index in [1.165, 1.54) is 4.90 Å². The number of amides is 1. The predicted octanol–water partition coefficient (Wildman–Crippen LogP) is 5.14. The molecule has 0 aromatic heterocycles. The van der Waals surface area contributed by atoms with E-state index in [0.717, 1.165) is 15.8 Å². The molecule has 2 aromatic rings. The second-order valence-corrected chi connectivity index (χ2v) is 7.61. The number of carbonyl (C=O) groups excluding carboxylic acids is 1. The highest BCUT2D eigenvalue weighted by Crippen LogP contribution is 2.26. The fourth-order valence-electron chi connectivity index (χ4n) is 2.04. The highest BCUT2D eigenvalue weighted by atomic mass is 79.9. The van der Waals surface area contributed by atoms with E-state index in [1.807, 2.05) is 24.5 Å². The zero-order valence-corrected chi connectivity index (χ0v) is 16.5. The van der Waals surface area contributed by atoms with Gasteiger partial charge in [0.1, 0.15) is 5.75 Å². The summed E-state index contributed by atoms with van der Waals surface area (Å²) in [5.74, 6) is 1.12. The Hall–Kier alpha value is -1.46. The number of rotatable bonds is 7. The number of nitrogens with one attached hydrogen (secondary N) is 1. The summed E-state index contributed by atoms with van der Waals surface area (Å²) in [6.45, 7) is 5.36. The minimum atomic E-state index is -0.0972. The third kappa shape index (κ3) is 5.56. The van der Waals surface area contributed by atoms with Crippen LogP contribution in [0.15, 0.2) is 51.8 Å². The fraction of sp³-hybridized carbons (Fsp3) is 0.316. The predicted molar refractivity (Wildman–Crippen MR) is 104 cm³/mol. The van der Waals surface area contributed by atoms with Crippen molar-refractivity contribution in [2.75, 3.05) is 12.9 Å². The van der Waals surface area contributed by atoms with Gasteiger partial charge in [-0.2, -0.15) is 0 Å². The smallest absolute Gasteiger partial charge is 0.251 e. The maximum Gasteiger partial charge on any atom is 0.251 e. The molecule has 2 rings (SSSR count). The van der Waals surface area contributed by atoms with Crippen LogP contribution in [0.4, 0.5) is 0 Å². The molecule has 0 atom stereocenters. The molecule has 0 aliphatic carbocycles. The van der Waals surface area contributed by atoms with Gasteiger partial charge in [0, 0.05) is 17.0 Å². The van der Waals surface area contributed by atoms with Crippen molar-refractivity contribution in [1.29, 1.82) is 0 Å². The molecule has 2 aromatic carbocycles. The third-order valence-electron chi connectivity index (χ3n) is 3.38. The van der Waals surface area contributed by atoms with Crippen molar-refractivity contribution in [3.63, 3.8) is 0 Å². The highest BCUT2D eigenvalue weighted by Gasteiger charge is 2.09. The quantitative estimate of drug-likeness (QED) is 0.645. The molecule has 0 saturated heterocycles. The largest absolute Gasteiger partial charge is 0.492 e. The number of hydrogen-bond donors (Lipinski definition) is 1. The lowest BCUT2D eigenvalue weighted by Gasteiger charge is -2.12. The van der Waals surface area contributed by atoms with E-state index in [4.69, 9.17) is 4.74 Å². The van der Waals surface area contributed by atoms with E-state index in [9.17, 15) is 4.79 Å². The number of halogens is 1. The van der Waals surface area contributed by atoms with Gasteiger partial charge < -0.3 is 10.1 Å². The third-order valence-corrected chi connectivity index (χ3v) is 4.74. The molecule has 24 heavy (non-hydrogen) atoms. The van der Waals surface area contributed by atoms with Gasteiger partial charge >= 0.3 is 0 Å². The van der Waals surface area contributed by atoms with Crippen LogP contribution in [0.2, 0.25) is 0 Å². The Kier molecular flexibility index (Phi) is 7.18. The van der Waals surface area contributed by atoms with Gasteiger partial charge in [-0.15, -0.1) is 11.8 Å². The molecular formula is C19H22BrNO2S. The average molecular weight is 408 g/mol. The topological polar surface area (TPSA) is 38.3 Å². The molecule has 0 aliphatic heterocycles. The van der Waals surface area contributed by atoms with Crippen LogP contribution in [0, 0.1) is 5.92 Å². The maximum atomic E-state index is 12.3. The molecule has 1 amide bonds. The summed E-state index contributed by atoms with van der Waals surface area (Å²) in [6, 6.07) is 13.6. The van der Waals surface area contributed by atoms with Crippen molar-refractivity contribution < 1.29 is 9.53 Å². The summed E-state index contributed by atoms with van der Waals surface area (Å²) in [7, 11) is 0. The minimum absolute atomic E-state index is 0.0972. The molecule has 128 valence electrons. The van der Waals surface area contributed by atoms with Gasteiger partial charge in [-0.05, 0) is 64.0 Å². The van der Waals surface area contributed by atoms with Crippen molar-refractivity contribution in [1.82, 2.24) is 5.32 Å². The molecule has 1 N–H and O–H groups in total. The molecule has 3 nitrogen and oxygen atoms in total. The molecular weight excluding hydrogens is 386 g/mol. The Bertz CT molecular complexity index is 686. The highest BCUT2D eigenvalue weighted by molar-refractivity contribution is 9.10. The van der Waals surface area contributed by atoms with E-state index in [2.05, 4.69) is 47.2 Å². The van der Waals surface area contributed by atoms with Crippen molar-refractivity contribution in [2.45, 2.75) is 25.3 Å². The average Bonchev–Trinajstić information content (AvgIpc) is 2.58. The monoisotopic (exact) mass is 407 g/mol. The lowest BCUT2D eigenvalue weighted by Crippen LogP contribution is -2.22. The Morgan fingerprint density at radius 2 is 1.92 bits per heavy atom. The zero-order valence-electron chi connectivity index (χ0n) is 14.1. The minimum Gasteiger partial charge on any atom is -0.492 e. The molecule has 0 spiro atoms. The molecule has 0 saturated carbocycles. The molecule has 0 fully saturated rings. The molecule has 0 bridgehead atoms. The maximum absolute atomic E-state index is 12.3. The van der Waals surface area contributed by atoms with Crippen molar-refractivity contribution in [3.05, 3.63) is 58.1 Å². The number of benzene rings is 2. The number of carbonyl (C=O) groups is 1. The molecule has 0 aliphatic rings. The van der Waals surface area contributed by atoms with E-state index in [-0.39, 0.29) is 5.91 Å². The second kappa shape index (κ2) is 9.14. The number of hydrogen-bond acceptors (Lipinski definition) is 3. The van der Waals surface area contributed by atoms with Gasteiger partial charge in [0.15, 0.2) is 0 Å². The fourth-order valence-corrected chi connectivity index (χ4v) is 2.94. The van der Waals surface area contributed by atoms with Gasteiger partial charge in [0.2, 0.25) is 0 Å². The Morgan fingerprint density at radius 3 is 2.50 bits per heavy atom. The normalized spacial score (nSPS) is 10.7. The van der Waals surface area contributed by atoms with Crippen molar-refractivity contribution in [3.8, 4) is 5.75 Å². The first kappa shape index (κ1) is 18.9. The number of ether oxygens (including phenoxy) is 1. The van der Waals surface area contributed by atoms with Gasteiger partial charge in [-0.3, -0.25) is 4.79 Å². The van der Waals surface area contributed by atoms with Crippen LogP contribution >= 0.6 is 27.7 Å². The van der Waals surface area contributed by atoms with Crippen LogP contribution in [0.25, 0.3) is 0 Å². The summed E-state index contributed by atoms with van der Waals surface area (Å²) in [4.78, 5) is 13.5. The lowest BCUT2D eigenvalue weighted by molar-refractivity contribution is 0.0951. The van der Waals surface area contributed by atoms with Gasteiger partial charge in [0.05, 0.1) is 11.1 Å². The number of thioether (sulfide) groups is 1. The van der Waals surface area contributed by atoms with E-state index < -0.39 is 0 Å². The molecule has 0 radical (unpaired) electrons. The molecule has 0 heterocycles. The molecule has 5 heteroatoms. The first-order valence-electron chi connectivity index (χ1n) is 7.83. The van der Waals surface area contributed by atoms with Gasteiger partial charge in [0.25, 0.3) is 5.91 Å². The SMILES string of the molecule is CSc1ccc(CNC(=O)c2ccc(OCC(C)C)c(Br)c2)cc1. The summed E-state index contributed by atoms with van der Waals surface area (Å²) >= 11 is 5.17. The summed E-state index contributed by atoms with van der Waals surface area (Å²) < 4.78 is 6.50. The van der Waals surface area contributed by atoms with Gasteiger partial charge in [-0.1, -0.05) is 26.0 Å². The van der Waals surface area contributed by atoms with Crippen molar-refractivity contribution >= 4 is 33.6 Å². The summed E-state index contributed by atoms with van der Waals surface area (Å²) in [6.07, 6.45) is 2.04. The Balaban J connectivity index is 1.95. The van der Waals surface area contributed by atoms with Crippen LogP contribution in [-0.2, 0) is 6.54 Å². The molecule has 0 unspecified atom stereocenters. The Labute approximate surface area is 156 Å². The van der Waals surface area contributed by atoms with Crippen LogP contribution in [-0.4, -0.2) is 18.8 Å². The van der Waals surface area contributed by atoms with Crippen molar-refractivity contribution in [2.24, 2.45) is 5.92 Å². The first-order valence-corrected chi connectivity index (χ1v) is 9.85. The standard InChI is InChI=1S/C19H22BrNO2S/c1-13(2)12-23-18-9-6-15(10-17(18)20)19(22)21-11-14-4-7-16(24-3)8-5-14/h4-10,13H,11-12H2,1-3H3,(H,21,22). The van der Waals surface area contributed by atoms with Gasteiger partial charge in [-0.25, -0.2) is 0 Å². The van der Waals surface area contributed by atoms with E-state index >= 15 is 0 Å². The summed E-state index contributed by atoms with van der Waals surface area (Å²) in [5, 5.41) is 2.94. The van der Waals surface area contributed by atoms with Crippen LogP contribution < -0.4 is 10.1 Å². The Morgan fingerprint density at radius 1 is 1.21 bits per heavy atom. The van der Waals surface area contributed by atoms with E-state index in [1.54, 1.807) is 23.9 Å². The second-order valence-electron chi connectivity index (χ2n) is 5.88.